The molecule has 2 aromatic rings. The molecule has 3 rings (SSSR count). The van der Waals surface area contributed by atoms with Crippen LogP contribution in [0.5, 0.6) is 5.75 Å². The van der Waals surface area contributed by atoms with Gasteiger partial charge in [-0.3, -0.25) is 10.2 Å². The van der Waals surface area contributed by atoms with E-state index in [2.05, 4.69) is 50.2 Å². The van der Waals surface area contributed by atoms with Crippen molar-refractivity contribution in [3.05, 3.63) is 46.3 Å². The largest absolute Gasteiger partial charge is 0.506 e. The molecule has 1 aliphatic heterocycles. The van der Waals surface area contributed by atoms with Gasteiger partial charge in [0, 0.05) is 20.7 Å². The Balaban J connectivity index is 2.00. The normalized spacial score (nSPS) is 20.1. The summed E-state index contributed by atoms with van der Waals surface area (Å²) >= 11 is 6.75. The van der Waals surface area contributed by atoms with Crippen molar-refractivity contribution >= 4 is 85.2 Å². The quantitative estimate of drug-likeness (QED) is 0.425. The maximum Gasteiger partial charge on any atom is 0.186 e. The van der Waals surface area contributed by atoms with Gasteiger partial charge in [0.05, 0.1) is 13.5 Å². The van der Waals surface area contributed by atoms with Crippen molar-refractivity contribution < 1.29 is 9.90 Å². The van der Waals surface area contributed by atoms with Crippen LogP contribution in [0, 0.1) is 12.5 Å². The molecule has 0 unspecified atom stereocenters. The molecule has 2 N–H and O–H groups in total. The second-order valence-electron chi connectivity index (χ2n) is 4.47. The molecule has 0 spiro atoms. The summed E-state index contributed by atoms with van der Waals surface area (Å²) in [5, 5.41) is 20.9. The number of thiazole rings is 1. The Morgan fingerprint density at radius 2 is 2.14 bits per heavy atom. The Morgan fingerprint density at radius 3 is 2.82 bits per heavy atom. The smallest absolute Gasteiger partial charge is 0.186 e. The minimum Gasteiger partial charge on any atom is -0.506 e. The number of carbonyl (C=O) groups excluding carboxylic acids is 1. The fraction of sp³-hybridized carbons (Fsp3) is 0.0714. The minimum atomic E-state index is -0.597. The summed E-state index contributed by atoms with van der Waals surface area (Å²) in [5.41, 5.74) is 0.597. The number of allylic oxidation sites excluding steroid dienone is 1. The van der Waals surface area contributed by atoms with Gasteiger partial charge in [-0.25, -0.2) is 4.98 Å². The minimum absolute atomic E-state index is 0.127. The molecule has 1 aromatic carbocycles. The maximum absolute atomic E-state index is 12.6. The lowest BCUT2D eigenvalue weighted by Gasteiger charge is -2.04. The Bertz CT molecular complexity index is 803. The van der Waals surface area contributed by atoms with Crippen LogP contribution in [0.2, 0.25) is 0 Å². The van der Waals surface area contributed by atoms with Gasteiger partial charge in [-0.2, -0.15) is 0 Å². The SMILES string of the molecule is N=C1S/C(=C\c2cc(I)cc(I)c2O)C(=O)[C@@H]1c1nccs1. The van der Waals surface area contributed by atoms with E-state index in [9.17, 15) is 9.90 Å². The highest BCUT2D eigenvalue weighted by Gasteiger charge is 2.38. The van der Waals surface area contributed by atoms with E-state index in [1.165, 1.54) is 11.3 Å². The van der Waals surface area contributed by atoms with Gasteiger partial charge in [0.1, 0.15) is 16.7 Å². The first kappa shape index (κ1) is 16.4. The zero-order valence-corrected chi connectivity index (χ0v) is 16.8. The van der Waals surface area contributed by atoms with Crippen LogP contribution in [-0.4, -0.2) is 20.9 Å². The second kappa shape index (κ2) is 6.57. The monoisotopic (exact) mass is 554 g/mol. The topological polar surface area (TPSA) is 74.0 Å². The molecule has 0 aliphatic carbocycles. The lowest BCUT2D eigenvalue weighted by atomic mass is 10.0. The van der Waals surface area contributed by atoms with Crippen molar-refractivity contribution in [2.45, 2.75) is 5.92 Å². The van der Waals surface area contributed by atoms with Crippen molar-refractivity contribution in [1.29, 1.82) is 5.41 Å². The van der Waals surface area contributed by atoms with Crippen LogP contribution in [0.25, 0.3) is 6.08 Å². The molecule has 8 heteroatoms. The van der Waals surface area contributed by atoms with Crippen LogP contribution in [-0.2, 0) is 4.79 Å². The zero-order chi connectivity index (χ0) is 15.9. The van der Waals surface area contributed by atoms with Gasteiger partial charge in [0.2, 0.25) is 0 Å². The fourth-order valence-electron chi connectivity index (χ4n) is 2.03. The first-order valence-corrected chi connectivity index (χ1v) is 9.92. The predicted octanol–water partition coefficient (Wildman–Crippen LogP) is 4.48. The number of carbonyl (C=O) groups is 1. The molecular formula is C14H8I2N2O2S2. The second-order valence-corrected chi connectivity index (χ2v) is 8.89. The van der Waals surface area contributed by atoms with Crippen molar-refractivity contribution in [3.8, 4) is 5.75 Å². The number of Topliss-reactive ketones (excluding diaryl/α,β-unsaturated/α-hetero) is 1. The van der Waals surface area contributed by atoms with Gasteiger partial charge >= 0.3 is 0 Å². The van der Waals surface area contributed by atoms with Crippen molar-refractivity contribution in [2.24, 2.45) is 0 Å². The highest BCUT2D eigenvalue weighted by molar-refractivity contribution is 14.1. The third-order valence-corrected chi connectivity index (χ3v) is 6.31. The van der Waals surface area contributed by atoms with E-state index >= 15 is 0 Å². The zero-order valence-electron chi connectivity index (χ0n) is 10.8. The number of ketones is 1. The third kappa shape index (κ3) is 3.10. The number of hydrogen-bond donors (Lipinski definition) is 2. The molecular weight excluding hydrogens is 546 g/mol. The Kier molecular flexibility index (Phi) is 4.90. The van der Waals surface area contributed by atoms with E-state index in [1.807, 2.05) is 12.1 Å². The number of nitrogens with one attached hydrogen (secondary N) is 1. The van der Waals surface area contributed by atoms with Gasteiger partial charge in [-0.15, -0.1) is 11.3 Å². The summed E-state index contributed by atoms with van der Waals surface area (Å²) in [6.07, 6.45) is 3.30. The Hall–Kier alpha value is -0.460. The van der Waals surface area contributed by atoms with Crippen molar-refractivity contribution in [2.75, 3.05) is 0 Å². The van der Waals surface area contributed by atoms with Gasteiger partial charge in [-0.1, -0.05) is 11.8 Å². The average molecular weight is 554 g/mol. The number of halogens is 2. The number of nitrogens with zero attached hydrogens (tertiary/aromatic N) is 1. The molecule has 0 amide bonds. The average Bonchev–Trinajstić information content (AvgIpc) is 3.05. The first-order valence-electron chi connectivity index (χ1n) is 6.07. The van der Waals surface area contributed by atoms with Crippen molar-refractivity contribution in [3.63, 3.8) is 0 Å². The van der Waals surface area contributed by atoms with Crippen LogP contribution < -0.4 is 0 Å². The van der Waals surface area contributed by atoms with Crippen LogP contribution in [0.3, 0.4) is 0 Å². The summed E-state index contributed by atoms with van der Waals surface area (Å²) in [4.78, 5) is 17.2. The van der Waals surface area contributed by atoms with Crippen LogP contribution >= 0.6 is 68.3 Å². The molecule has 2 heterocycles. The number of aromatic hydroxyl groups is 1. The van der Waals surface area contributed by atoms with E-state index in [1.54, 1.807) is 17.7 Å². The molecule has 1 saturated heterocycles. The number of rotatable bonds is 2. The van der Waals surface area contributed by atoms with E-state index in [4.69, 9.17) is 5.41 Å². The molecule has 4 nitrogen and oxygen atoms in total. The van der Waals surface area contributed by atoms with Crippen LogP contribution in [0.4, 0.5) is 0 Å². The molecule has 0 bridgehead atoms. The third-order valence-electron chi connectivity index (χ3n) is 3.03. The van der Waals surface area contributed by atoms with E-state index in [0.717, 1.165) is 18.9 Å². The molecule has 0 radical (unpaired) electrons. The highest BCUT2D eigenvalue weighted by Crippen LogP contribution is 2.42. The molecule has 1 aliphatic rings. The Morgan fingerprint density at radius 1 is 1.36 bits per heavy atom. The van der Waals surface area contributed by atoms with Gasteiger partial charge in [0.15, 0.2) is 5.78 Å². The van der Waals surface area contributed by atoms with Gasteiger partial charge in [0.25, 0.3) is 0 Å². The van der Waals surface area contributed by atoms with Gasteiger partial charge in [-0.05, 0) is 63.4 Å². The van der Waals surface area contributed by atoms with E-state index in [-0.39, 0.29) is 16.6 Å². The lowest BCUT2D eigenvalue weighted by molar-refractivity contribution is -0.114. The Labute approximate surface area is 162 Å². The van der Waals surface area contributed by atoms with Crippen molar-refractivity contribution in [1.82, 2.24) is 4.98 Å². The number of phenols is 1. The molecule has 22 heavy (non-hydrogen) atoms. The standard InChI is InChI=1S/C14H8I2N2O2S2/c15-7-3-6(11(19)8(16)5-7)4-9-12(20)10(13(17)22-9)14-18-1-2-21-14/h1-5,10,17,19H/b9-4-,17-13?/t10-/m0/s1. The number of hydrogen-bond acceptors (Lipinski definition) is 6. The van der Waals surface area contributed by atoms with E-state index < -0.39 is 5.92 Å². The van der Waals surface area contributed by atoms with Gasteiger partial charge < -0.3 is 5.11 Å². The maximum atomic E-state index is 12.6. The summed E-state index contributed by atoms with van der Waals surface area (Å²) in [7, 11) is 0. The number of thioether (sulfide) groups is 1. The summed E-state index contributed by atoms with van der Waals surface area (Å²) in [5.74, 6) is -0.565. The van der Waals surface area contributed by atoms with Crippen LogP contribution in [0.15, 0.2) is 28.6 Å². The number of phenolic OH excluding ortho intramolecular Hbond substituents is 1. The number of aromatic nitrogens is 1. The van der Waals surface area contributed by atoms with E-state index in [0.29, 0.717) is 15.5 Å². The molecule has 112 valence electrons. The fourth-order valence-corrected chi connectivity index (χ4v) is 5.71. The predicted molar refractivity (Wildman–Crippen MR) is 107 cm³/mol. The molecule has 1 aromatic heterocycles. The lowest BCUT2D eigenvalue weighted by Crippen LogP contribution is -2.11. The molecule has 0 saturated carbocycles. The summed E-state index contributed by atoms with van der Waals surface area (Å²) < 4.78 is 1.71. The van der Waals surface area contributed by atoms with Crippen LogP contribution in [0.1, 0.15) is 16.5 Å². The molecule has 1 atom stereocenters. The molecule has 1 fully saturated rings. The summed E-state index contributed by atoms with van der Waals surface area (Å²) in [6.45, 7) is 0. The first-order chi connectivity index (χ1) is 10.5. The summed E-state index contributed by atoms with van der Waals surface area (Å²) in [6, 6.07) is 3.68. The highest BCUT2D eigenvalue weighted by atomic mass is 127. The number of benzene rings is 1.